The Balaban J connectivity index is 1.82. The molecule has 1 saturated heterocycles. The summed E-state index contributed by atoms with van der Waals surface area (Å²) in [5, 5.41) is 12.7. The monoisotopic (exact) mass is 528 g/mol. The van der Waals surface area contributed by atoms with Gasteiger partial charge in [0, 0.05) is 37.5 Å². The Morgan fingerprint density at radius 2 is 1.92 bits per heavy atom. The van der Waals surface area contributed by atoms with Gasteiger partial charge in [0.05, 0.1) is 25.3 Å². The summed E-state index contributed by atoms with van der Waals surface area (Å²) in [4.78, 5) is 58.2. The molecule has 11 heteroatoms. The van der Waals surface area contributed by atoms with Gasteiger partial charge in [0.2, 0.25) is 5.91 Å². The topological polar surface area (TPSA) is 138 Å². The lowest BCUT2D eigenvalue weighted by Crippen LogP contribution is -2.60. The number of para-hydroxylation sites is 1. The second kappa shape index (κ2) is 13.1. The number of pyridine rings is 1. The van der Waals surface area contributed by atoms with Crippen LogP contribution in [0.15, 0.2) is 30.3 Å². The molecule has 38 heavy (non-hydrogen) atoms. The van der Waals surface area contributed by atoms with Crippen LogP contribution >= 0.6 is 0 Å². The number of aromatic nitrogens is 1. The molecule has 2 heterocycles. The summed E-state index contributed by atoms with van der Waals surface area (Å²) < 4.78 is 10.6. The Labute approximate surface area is 222 Å². The Morgan fingerprint density at radius 3 is 2.58 bits per heavy atom. The summed E-state index contributed by atoms with van der Waals surface area (Å²) in [6.07, 6.45) is -0.145. The Kier molecular flexibility index (Phi) is 9.86. The van der Waals surface area contributed by atoms with E-state index in [4.69, 9.17) is 9.47 Å². The molecule has 2 unspecified atom stereocenters. The lowest BCUT2D eigenvalue weighted by atomic mass is 9.99. The van der Waals surface area contributed by atoms with E-state index >= 15 is 0 Å². The van der Waals surface area contributed by atoms with E-state index in [0.717, 1.165) is 5.39 Å². The van der Waals surface area contributed by atoms with Crippen molar-refractivity contribution in [2.24, 2.45) is 5.92 Å². The van der Waals surface area contributed by atoms with Crippen LogP contribution in [0.3, 0.4) is 0 Å². The van der Waals surface area contributed by atoms with E-state index in [1.54, 1.807) is 28.9 Å². The van der Waals surface area contributed by atoms with Crippen molar-refractivity contribution in [3.05, 3.63) is 36.0 Å². The maximum atomic E-state index is 13.6. The number of hydrogen-bond acceptors (Lipinski definition) is 7. The molecule has 0 aliphatic carbocycles. The highest BCUT2D eigenvalue weighted by Gasteiger charge is 2.36. The predicted molar refractivity (Wildman–Crippen MR) is 140 cm³/mol. The normalized spacial score (nSPS) is 16.3. The van der Waals surface area contributed by atoms with Gasteiger partial charge in [0.1, 0.15) is 17.5 Å². The molecule has 1 fully saturated rings. The van der Waals surface area contributed by atoms with Crippen molar-refractivity contribution in [3.8, 4) is 5.75 Å². The van der Waals surface area contributed by atoms with Crippen molar-refractivity contribution in [3.63, 3.8) is 0 Å². The number of carboxylic acids is 1. The number of rotatable bonds is 10. The van der Waals surface area contributed by atoms with E-state index in [9.17, 15) is 24.3 Å². The second-order valence-corrected chi connectivity index (χ2v) is 9.65. The third kappa shape index (κ3) is 7.11. The van der Waals surface area contributed by atoms with Crippen molar-refractivity contribution in [1.82, 2.24) is 20.1 Å². The molecular weight excluding hydrogens is 492 g/mol. The molecule has 0 spiro atoms. The molecule has 3 rings (SSSR count). The number of benzene rings is 1. The Bertz CT molecular complexity index is 1170. The molecule has 0 saturated carbocycles. The maximum Gasteiger partial charge on any atom is 0.410 e. The van der Waals surface area contributed by atoms with E-state index in [1.165, 1.54) is 13.2 Å². The van der Waals surface area contributed by atoms with E-state index in [2.05, 4.69) is 10.3 Å². The van der Waals surface area contributed by atoms with Crippen LogP contribution < -0.4 is 10.1 Å². The van der Waals surface area contributed by atoms with Gasteiger partial charge in [-0.3, -0.25) is 14.4 Å². The van der Waals surface area contributed by atoms with Crippen molar-refractivity contribution in [2.75, 3.05) is 33.4 Å². The largest absolute Gasteiger partial charge is 0.496 e. The first kappa shape index (κ1) is 28.7. The Hall–Kier alpha value is -3.89. The number of amides is 3. The minimum atomic E-state index is -1.08. The molecule has 0 bridgehead atoms. The van der Waals surface area contributed by atoms with Crippen LogP contribution in [0.4, 0.5) is 4.79 Å². The number of carbonyl (C=O) groups excluding carboxylic acids is 3. The summed E-state index contributed by atoms with van der Waals surface area (Å²) in [7, 11) is 1.49. The van der Waals surface area contributed by atoms with Gasteiger partial charge in [0.15, 0.2) is 0 Å². The number of ether oxygens (including phenoxy) is 2. The molecule has 1 aliphatic heterocycles. The third-order valence-corrected chi connectivity index (χ3v) is 6.42. The van der Waals surface area contributed by atoms with E-state index < -0.39 is 29.9 Å². The van der Waals surface area contributed by atoms with Crippen LogP contribution in [0.25, 0.3) is 10.9 Å². The van der Waals surface area contributed by atoms with Gasteiger partial charge >= 0.3 is 12.1 Å². The van der Waals surface area contributed by atoms with Gasteiger partial charge in [-0.2, -0.15) is 0 Å². The first-order valence-corrected chi connectivity index (χ1v) is 12.8. The number of fused-ring (bicyclic) bond motifs is 1. The van der Waals surface area contributed by atoms with Crippen LogP contribution in [-0.2, 0) is 14.3 Å². The molecule has 0 radical (unpaired) electrons. The smallest absolute Gasteiger partial charge is 0.410 e. The van der Waals surface area contributed by atoms with Gasteiger partial charge in [0.25, 0.3) is 5.91 Å². The summed E-state index contributed by atoms with van der Waals surface area (Å²) in [6, 6.07) is 7.36. The molecule has 1 aromatic carbocycles. The van der Waals surface area contributed by atoms with Crippen molar-refractivity contribution >= 4 is 34.8 Å². The highest BCUT2D eigenvalue weighted by molar-refractivity contribution is 5.99. The fourth-order valence-electron chi connectivity index (χ4n) is 4.65. The van der Waals surface area contributed by atoms with Crippen LogP contribution in [0.1, 0.15) is 50.5 Å². The van der Waals surface area contributed by atoms with E-state index in [0.29, 0.717) is 17.7 Å². The molecule has 2 atom stereocenters. The first-order valence-electron chi connectivity index (χ1n) is 12.8. The zero-order valence-corrected chi connectivity index (χ0v) is 22.3. The van der Waals surface area contributed by atoms with Gasteiger partial charge in [-0.1, -0.05) is 26.0 Å². The molecule has 2 N–H and O–H groups in total. The van der Waals surface area contributed by atoms with Crippen molar-refractivity contribution in [2.45, 2.75) is 52.1 Å². The number of methoxy groups -OCH3 is 1. The lowest BCUT2D eigenvalue weighted by molar-refractivity contribution is -0.138. The quantitative estimate of drug-likeness (QED) is 0.480. The average molecular weight is 529 g/mol. The van der Waals surface area contributed by atoms with E-state index in [-0.39, 0.29) is 56.7 Å². The number of piperazine rings is 1. The van der Waals surface area contributed by atoms with Crippen molar-refractivity contribution in [1.29, 1.82) is 0 Å². The minimum Gasteiger partial charge on any atom is -0.496 e. The molecule has 2 aromatic rings. The van der Waals surface area contributed by atoms with Crippen molar-refractivity contribution < 1.29 is 33.8 Å². The van der Waals surface area contributed by atoms with Crippen LogP contribution in [0.2, 0.25) is 0 Å². The number of hydrogen-bond donors (Lipinski definition) is 2. The molecule has 206 valence electrons. The highest BCUT2D eigenvalue weighted by atomic mass is 16.6. The second-order valence-electron chi connectivity index (χ2n) is 9.65. The van der Waals surface area contributed by atoms with Gasteiger partial charge in [-0.25, -0.2) is 9.78 Å². The van der Waals surface area contributed by atoms with E-state index in [1.807, 2.05) is 26.0 Å². The number of nitrogens with zero attached hydrogens (tertiary/aromatic N) is 3. The molecule has 1 aromatic heterocycles. The zero-order valence-electron chi connectivity index (χ0n) is 22.3. The third-order valence-electron chi connectivity index (χ3n) is 6.42. The van der Waals surface area contributed by atoms with Crippen LogP contribution in [0, 0.1) is 5.92 Å². The average Bonchev–Trinajstić information content (AvgIpc) is 2.89. The van der Waals surface area contributed by atoms with Crippen LogP contribution in [0.5, 0.6) is 5.75 Å². The number of nitrogens with one attached hydrogen (secondary N) is 1. The standard InChI is InChI=1S/C27H36N4O7/c1-5-38-27(36)31-13-12-30(16-18(31)14-17(2)3)26(35)21(10-11-24(32)33)29-25(34)22-15-23(37-4)19-8-6-7-9-20(19)28-22/h6-9,15,17-18,21H,5,10-14,16H2,1-4H3,(H,29,34)(H,32,33). The zero-order chi connectivity index (χ0) is 27.8. The van der Waals surface area contributed by atoms with Gasteiger partial charge in [-0.15, -0.1) is 0 Å². The molecular formula is C27H36N4O7. The number of carbonyl (C=O) groups is 4. The summed E-state index contributed by atoms with van der Waals surface area (Å²) >= 11 is 0. The fourth-order valence-corrected chi connectivity index (χ4v) is 4.65. The fraction of sp³-hybridized carbons (Fsp3) is 0.519. The maximum absolute atomic E-state index is 13.6. The Morgan fingerprint density at radius 1 is 1.18 bits per heavy atom. The molecule has 1 aliphatic rings. The highest BCUT2D eigenvalue weighted by Crippen LogP contribution is 2.25. The first-order chi connectivity index (χ1) is 18.1. The minimum absolute atomic E-state index is 0.0542. The lowest BCUT2D eigenvalue weighted by Gasteiger charge is -2.42. The summed E-state index contributed by atoms with van der Waals surface area (Å²) in [5.74, 6) is -1.36. The number of aliphatic carboxylic acids is 1. The summed E-state index contributed by atoms with van der Waals surface area (Å²) in [6.45, 7) is 6.85. The predicted octanol–water partition coefficient (Wildman–Crippen LogP) is 2.92. The van der Waals surface area contributed by atoms with Crippen LogP contribution in [-0.4, -0.2) is 89.2 Å². The molecule has 3 amide bonds. The van der Waals surface area contributed by atoms with Gasteiger partial charge in [-0.05, 0) is 37.8 Å². The SMILES string of the molecule is CCOC(=O)N1CCN(C(=O)C(CCC(=O)O)NC(=O)c2cc(OC)c3ccccc3n2)CC1CC(C)C. The van der Waals surface area contributed by atoms with Gasteiger partial charge < -0.3 is 29.7 Å². The summed E-state index contributed by atoms with van der Waals surface area (Å²) in [5.41, 5.74) is 0.607. The number of carboxylic acid groups (broad SMARTS) is 1. The molecule has 11 nitrogen and oxygen atoms in total.